The van der Waals surface area contributed by atoms with Gasteiger partial charge in [0.05, 0.1) is 5.69 Å². The quantitative estimate of drug-likeness (QED) is 0.825. The Balaban J connectivity index is 1.77. The molecule has 4 nitrogen and oxygen atoms in total. The number of hydrogen-bond donors (Lipinski definition) is 1. The van der Waals surface area contributed by atoms with Crippen LogP contribution in [0.5, 0.6) is 0 Å². The number of nitrogens with zero attached hydrogens (tertiary/aromatic N) is 3. The molecule has 0 spiro atoms. The Hall–Kier alpha value is -0.870. The fourth-order valence-corrected chi connectivity index (χ4v) is 2.36. The first-order valence-corrected chi connectivity index (χ1v) is 6.22. The molecule has 0 bridgehead atoms. The van der Waals surface area contributed by atoms with E-state index in [1.54, 1.807) is 0 Å². The molecule has 1 saturated heterocycles. The average Bonchev–Trinajstić information content (AvgIpc) is 2.67. The van der Waals surface area contributed by atoms with E-state index < -0.39 is 0 Å². The topological polar surface area (TPSA) is 33.1 Å². The molecule has 0 aromatic carbocycles. The number of piperidine rings is 1. The van der Waals surface area contributed by atoms with E-state index in [0.29, 0.717) is 0 Å². The third-order valence-electron chi connectivity index (χ3n) is 3.23. The highest BCUT2D eigenvalue weighted by Crippen LogP contribution is 2.12. The molecule has 1 aromatic heterocycles. The Morgan fingerprint density at radius 2 is 2.19 bits per heavy atom. The van der Waals surface area contributed by atoms with Crippen LogP contribution in [-0.2, 0) is 13.6 Å². The molecule has 0 amide bonds. The minimum atomic E-state index is 0.727. The van der Waals surface area contributed by atoms with Crippen molar-refractivity contribution in [3.8, 4) is 0 Å². The van der Waals surface area contributed by atoms with Gasteiger partial charge in [0.2, 0.25) is 0 Å². The Kier molecular flexibility index (Phi) is 3.96. The molecule has 16 heavy (non-hydrogen) atoms. The lowest BCUT2D eigenvalue weighted by atomic mass is 10.1. The van der Waals surface area contributed by atoms with Gasteiger partial charge < -0.3 is 5.32 Å². The Morgan fingerprint density at radius 3 is 2.75 bits per heavy atom. The minimum absolute atomic E-state index is 0.727. The molecular weight excluding hydrogens is 200 g/mol. The average molecular weight is 222 g/mol. The third-order valence-corrected chi connectivity index (χ3v) is 3.23. The van der Waals surface area contributed by atoms with Crippen molar-refractivity contribution in [2.45, 2.75) is 32.4 Å². The molecule has 1 aliphatic heterocycles. The lowest BCUT2D eigenvalue weighted by Gasteiger charge is -2.31. The summed E-state index contributed by atoms with van der Waals surface area (Å²) in [7, 11) is 1.97. The van der Waals surface area contributed by atoms with Gasteiger partial charge in [0.15, 0.2) is 0 Å². The Morgan fingerprint density at radius 1 is 1.44 bits per heavy atom. The smallest absolute Gasteiger partial charge is 0.0764 e. The maximum Gasteiger partial charge on any atom is 0.0764 e. The van der Waals surface area contributed by atoms with Gasteiger partial charge in [-0.25, -0.2) is 0 Å². The summed E-state index contributed by atoms with van der Waals surface area (Å²) in [6.07, 6.45) is 4.54. The molecule has 1 aliphatic rings. The highest BCUT2D eigenvalue weighted by molar-refractivity contribution is 4.98. The summed E-state index contributed by atoms with van der Waals surface area (Å²) < 4.78 is 1.88. The number of rotatable bonds is 4. The monoisotopic (exact) mass is 222 g/mol. The molecule has 90 valence electrons. The van der Waals surface area contributed by atoms with Gasteiger partial charge in [-0.1, -0.05) is 6.92 Å². The van der Waals surface area contributed by atoms with Crippen LogP contribution < -0.4 is 5.32 Å². The maximum absolute atomic E-state index is 4.42. The van der Waals surface area contributed by atoms with Crippen molar-refractivity contribution in [2.75, 3.05) is 19.6 Å². The van der Waals surface area contributed by atoms with E-state index in [9.17, 15) is 0 Å². The van der Waals surface area contributed by atoms with Gasteiger partial charge in [-0.05, 0) is 25.5 Å². The zero-order chi connectivity index (χ0) is 11.4. The molecule has 0 aliphatic carbocycles. The molecule has 4 heteroatoms. The first-order valence-electron chi connectivity index (χ1n) is 6.22. The van der Waals surface area contributed by atoms with Crippen LogP contribution in [0.1, 0.15) is 25.5 Å². The highest BCUT2D eigenvalue weighted by atomic mass is 15.3. The van der Waals surface area contributed by atoms with E-state index in [2.05, 4.69) is 28.3 Å². The zero-order valence-corrected chi connectivity index (χ0v) is 10.3. The van der Waals surface area contributed by atoms with Crippen molar-refractivity contribution in [2.24, 2.45) is 7.05 Å². The van der Waals surface area contributed by atoms with Crippen molar-refractivity contribution >= 4 is 0 Å². The first-order chi connectivity index (χ1) is 7.78. The predicted octanol–water partition coefficient (Wildman–Crippen LogP) is 0.994. The van der Waals surface area contributed by atoms with E-state index in [0.717, 1.165) is 19.1 Å². The van der Waals surface area contributed by atoms with Crippen LogP contribution in [-0.4, -0.2) is 40.4 Å². The van der Waals surface area contributed by atoms with E-state index >= 15 is 0 Å². The third kappa shape index (κ3) is 3.06. The summed E-state index contributed by atoms with van der Waals surface area (Å²) in [6.45, 7) is 6.65. The van der Waals surface area contributed by atoms with Gasteiger partial charge >= 0.3 is 0 Å². The molecule has 2 rings (SSSR count). The largest absolute Gasteiger partial charge is 0.314 e. The summed E-state index contributed by atoms with van der Waals surface area (Å²) >= 11 is 0. The number of aromatic nitrogens is 2. The van der Waals surface area contributed by atoms with Crippen molar-refractivity contribution in [3.05, 3.63) is 18.0 Å². The number of hydrogen-bond acceptors (Lipinski definition) is 3. The fourth-order valence-electron chi connectivity index (χ4n) is 2.36. The van der Waals surface area contributed by atoms with Crippen LogP contribution in [0.4, 0.5) is 0 Å². The van der Waals surface area contributed by atoms with Crippen LogP contribution in [0.2, 0.25) is 0 Å². The van der Waals surface area contributed by atoms with E-state index in [-0.39, 0.29) is 0 Å². The summed E-state index contributed by atoms with van der Waals surface area (Å²) in [4.78, 5) is 2.50. The lowest BCUT2D eigenvalue weighted by molar-refractivity contribution is 0.189. The highest BCUT2D eigenvalue weighted by Gasteiger charge is 2.18. The number of likely N-dealkylation sites (tertiary alicyclic amines) is 1. The zero-order valence-electron chi connectivity index (χ0n) is 10.3. The van der Waals surface area contributed by atoms with Gasteiger partial charge in [0.25, 0.3) is 0 Å². The van der Waals surface area contributed by atoms with Crippen molar-refractivity contribution in [1.29, 1.82) is 0 Å². The van der Waals surface area contributed by atoms with Gasteiger partial charge in [-0.2, -0.15) is 5.10 Å². The van der Waals surface area contributed by atoms with Gasteiger partial charge in [-0.3, -0.25) is 9.58 Å². The van der Waals surface area contributed by atoms with Crippen molar-refractivity contribution in [3.63, 3.8) is 0 Å². The predicted molar refractivity (Wildman–Crippen MR) is 65.2 cm³/mol. The second-order valence-corrected chi connectivity index (χ2v) is 4.59. The summed E-state index contributed by atoms with van der Waals surface area (Å²) in [6, 6.07) is 2.83. The van der Waals surface area contributed by atoms with Gasteiger partial charge in [0.1, 0.15) is 0 Å². The Bertz CT molecular complexity index is 313. The second kappa shape index (κ2) is 5.46. The SMILES string of the molecule is CCNC1CCN(Cc2ccn(C)n2)CC1. The molecule has 0 saturated carbocycles. The van der Waals surface area contributed by atoms with Gasteiger partial charge in [-0.15, -0.1) is 0 Å². The maximum atomic E-state index is 4.42. The fraction of sp³-hybridized carbons (Fsp3) is 0.750. The van der Waals surface area contributed by atoms with Gasteiger partial charge in [0, 0.05) is 38.9 Å². The van der Waals surface area contributed by atoms with Crippen molar-refractivity contribution < 1.29 is 0 Å². The summed E-state index contributed by atoms with van der Waals surface area (Å²) in [5, 5.41) is 7.95. The van der Waals surface area contributed by atoms with E-state index in [4.69, 9.17) is 0 Å². The van der Waals surface area contributed by atoms with E-state index in [1.807, 2.05) is 17.9 Å². The van der Waals surface area contributed by atoms with Crippen LogP contribution in [0.3, 0.4) is 0 Å². The molecule has 1 aromatic rings. The molecule has 0 unspecified atom stereocenters. The minimum Gasteiger partial charge on any atom is -0.314 e. The molecule has 1 fully saturated rings. The van der Waals surface area contributed by atoms with Crippen molar-refractivity contribution in [1.82, 2.24) is 20.0 Å². The van der Waals surface area contributed by atoms with Crippen LogP contribution in [0.25, 0.3) is 0 Å². The summed E-state index contributed by atoms with van der Waals surface area (Å²) in [5.41, 5.74) is 1.18. The molecule has 1 N–H and O–H groups in total. The van der Waals surface area contributed by atoms with Crippen LogP contribution in [0, 0.1) is 0 Å². The molecule has 0 atom stereocenters. The van der Waals surface area contributed by atoms with E-state index in [1.165, 1.54) is 31.6 Å². The Labute approximate surface area is 97.6 Å². The van der Waals surface area contributed by atoms with Crippen LogP contribution >= 0.6 is 0 Å². The molecule has 0 radical (unpaired) electrons. The standard InChI is InChI=1S/C12H22N4/c1-3-13-11-5-8-16(9-6-11)10-12-4-7-15(2)14-12/h4,7,11,13H,3,5-6,8-10H2,1-2H3. The van der Waals surface area contributed by atoms with Crippen LogP contribution in [0.15, 0.2) is 12.3 Å². The first kappa shape index (κ1) is 11.6. The second-order valence-electron chi connectivity index (χ2n) is 4.59. The molecule has 2 heterocycles. The molecular formula is C12H22N4. The number of aryl methyl sites for hydroxylation is 1. The number of nitrogens with one attached hydrogen (secondary N) is 1. The lowest BCUT2D eigenvalue weighted by Crippen LogP contribution is -2.42. The normalized spacial score (nSPS) is 19.1. The summed E-state index contributed by atoms with van der Waals surface area (Å²) in [5.74, 6) is 0.